The largest absolute Gasteiger partial charge is 0.350 e. The lowest BCUT2D eigenvalue weighted by Gasteiger charge is -2.20. The van der Waals surface area contributed by atoms with E-state index < -0.39 is 0 Å². The lowest BCUT2D eigenvalue weighted by atomic mass is 10.1. The van der Waals surface area contributed by atoms with Crippen LogP contribution in [0, 0.1) is 0 Å². The molecule has 2 aromatic rings. The standard InChI is InChI=1S/C15H20N6O2/c1-15(2,3)17-12(22)9-16-13(23)10-21-19-14(18-20-21)11-7-5-4-6-8-11/h4-8H,9-10H2,1-3H3,(H,16,23)(H,17,22). The first kappa shape index (κ1) is 16.6. The number of carbonyl (C=O) groups is 2. The number of tetrazole rings is 1. The maximum absolute atomic E-state index is 11.8. The van der Waals surface area contributed by atoms with Gasteiger partial charge in [0.2, 0.25) is 17.6 Å². The number of hydrogen-bond donors (Lipinski definition) is 2. The maximum atomic E-state index is 11.8. The third-order valence-corrected chi connectivity index (χ3v) is 2.73. The summed E-state index contributed by atoms with van der Waals surface area (Å²) in [4.78, 5) is 24.6. The van der Waals surface area contributed by atoms with Crippen LogP contribution in [0.4, 0.5) is 0 Å². The van der Waals surface area contributed by atoms with Gasteiger partial charge in [-0.05, 0) is 26.0 Å². The van der Waals surface area contributed by atoms with Gasteiger partial charge >= 0.3 is 0 Å². The van der Waals surface area contributed by atoms with Gasteiger partial charge < -0.3 is 10.6 Å². The van der Waals surface area contributed by atoms with Crippen LogP contribution in [-0.4, -0.2) is 44.1 Å². The summed E-state index contributed by atoms with van der Waals surface area (Å²) in [5, 5.41) is 17.2. The van der Waals surface area contributed by atoms with Crippen molar-refractivity contribution in [3.63, 3.8) is 0 Å². The summed E-state index contributed by atoms with van der Waals surface area (Å²) >= 11 is 0. The number of benzene rings is 1. The van der Waals surface area contributed by atoms with E-state index >= 15 is 0 Å². The Morgan fingerprint density at radius 1 is 1.13 bits per heavy atom. The van der Waals surface area contributed by atoms with Crippen molar-refractivity contribution in [2.75, 3.05) is 6.54 Å². The molecular weight excluding hydrogens is 296 g/mol. The highest BCUT2D eigenvalue weighted by atomic mass is 16.2. The quantitative estimate of drug-likeness (QED) is 0.830. The first-order valence-electron chi connectivity index (χ1n) is 7.24. The van der Waals surface area contributed by atoms with E-state index in [2.05, 4.69) is 26.0 Å². The molecule has 0 saturated heterocycles. The van der Waals surface area contributed by atoms with Crippen LogP contribution in [0.2, 0.25) is 0 Å². The summed E-state index contributed by atoms with van der Waals surface area (Å²) in [5.74, 6) is -0.155. The molecule has 0 fully saturated rings. The van der Waals surface area contributed by atoms with Crippen LogP contribution in [0.3, 0.4) is 0 Å². The van der Waals surface area contributed by atoms with Crippen molar-refractivity contribution in [3.8, 4) is 11.4 Å². The van der Waals surface area contributed by atoms with Gasteiger partial charge in [0, 0.05) is 11.1 Å². The second-order valence-electron chi connectivity index (χ2n) is 6.08. The van der Waals surface area contributed by atoms with Gasteiger partial charge in [-0.2, -0.15) is 4.80 Å². The molecule has 0 bridgehead atoms. The van der Waals surface area contributed by atoms with Crippen LogP contribution < -0.4 is 10.6 Å². The number of nitrogens with zero attached hydrogens (tertiary/aromatic N) is 4. The second-order valence-corrected chi connectivity index (χ2v) is 6.08. The van der Waals surface area contributed by atoms with Crippen LogP contribution in [0.1, 0.15) is 20.8 Å². The van der Waals surface area contributed by atoms with Gasteiger partial charge in [0.15, 0.2) is 0 Å². The molecule has 8 nitrogen and oxygen atoms in total. The molecule has 1 heterocycles. The van der Waals surface area contributed by atoms with Gasteiger partial charge in [-0.1, -0.05) is 30.3 Å². The molecule has 8 heteroatoms. The van der Waals surface area contributed by atoms with E-state index in [0.717, 1.165) is 5.56 Å². The fourth-order valence-corrected chi connectivity index (χ4v) is 1.84. The van der Waals surface area contributed by atoms with Gasteiger partial charge in [0.25, 0.3) is 0 Å². The van der Waals surface area contributed by atoms with Crippen LogP contribution in [0.5, 0.6) is 0 Å². The number of carbonyl (C=O) groups excluding carboxylic acids is 2. The third-order valence-electron chi connectivity index (χ3n) is 2.73. The van der Waals surface area contributed by atoms with Gasteiger partial charge in [-0.3, -0.25) is 9.59 Å². The molecule has 1 aromatic heterocycles. The molecule has 0 unspecified atom stereocenters. The van der Waals surface area contributed by atoms with E-state index in [9.17, 15) is 9.59 Å². The molecule has 0 aliphatic rings. The van der Waals surface area contributed by atoms with E-state index in [0.29, 0.717) is 5.82 Å². The molecule has 2 N–H and O–H groups in total. The maximum Gasteiger partial charge on any atom is 0.244 e. The minimum Gasteiger partial charge on any atom is -0.350 e. The fourth-order valence-electron chi connectivity index (χ4n) is 1.84. The number of aromatic nitrogens is 4. The number of amides is 2. The lowest BCUT2D eigenvalue weighted by Crippen LogP contribution is -2.46. The molecule has 0 spiro atoms. The van der Waals surface area contributed by atoms with Crippen LogP contribution >= 0.6 is 0 Å². The summed E-state index contributed by atoms with van der Waals surface area (Å²) in [6.45, 7) is 5.43. The number of hydrogen-bond acceptors (Lipinski definition) is 5. The Hall–Kier alpha value is -2.77. The van der Waals surface area contributed by atoms with Crippen molar-refractivity contribution in [1.82, 2.24) is 30.8 Å². The Kier molecular flexibility index (Phi) is 5.05. The van der Waals surface area contributed by atoms with Crippen molar-refractivity contribution in [2.24, 2.45) is 0 Å². The summed E-state index contributed by atoms with van der Waals surface area (Å²) in [7, 11) is 0. The van der Waals surface area contributed by atoms with Gasteiger partial charge in [-0.15, -0.1) is 10.2 Å². The Balaban J connectivity index is 1.84. The molecular formula is C15H20N6O2. The van der Waals surface area contributed by atoms with Gasteiger partial charge in [0.05, 0.1) is 6.54 Å². The Bertz CT molecular complexity index is 675. The van der Waals surface area contributed by atoms with E-state index in [1.807, 2.05) is 51.1 Å². The van der Waals surface area contributed by atoms with Crippen molar-refractivity contribution in [3.05, 3.63) is 30.3 Å². The van der Waals surface area contributed by atoms with Crippen molar-refractivity contribution in [1.29, 1.82) is 0 Å². The zero-order valence-electron chi connectivity index (χ0n) is 13.4. The smallest absolute Gasteiger partial charge is 0.244 e. The predicted molar refractivity (Wildman–Crippen MR) is 84.2 cm³/mol. The SMILES string of the molecule is CC(C)(C)NC(=O)CNC(=O)Cn1nnc(-c2ccccc2)n1. The molecule has 0 aliphatic heterocycles. The van der Waals surface area contributed by atoms with Crippen LogP contribution in [-0.2, 0) is 16.1 Å². The minimum absolute atomic E-state index is 0.0870. The van der Waals surface area contributed by atoms with E-state index in [1.165, 1.54) is 4.80 Å². The van der Waals surface area contributed by atoms with E-state index in [-0.39, 0.29) is 30.4 Å². The van der Waals surface area contributed by atoms with Crippen molar-refractivity contribution < 1.29 is 9.59 Å². The average Bonchev–Trinajstić information content (AvgIpc) is 2.93. The van der Waals surface area contributed by atoms with E-state index in [1.54, 1.807) is 0 Å². The highest BCUT2D eigenvalue weighted by Crippen LogP contribution is 2.11. The minimum atomic E-state index is -0.355. The van der Waals surface area contributed by atoms with Gasteiger partial charge in [0.1, 0.15) is 6.54 Å². The Labute approximate surface area is 134 Å². The molecule has 2 rings (SSSR count). The van der Waals surface area contributed by atoms with E-state index in [4.69, 9.17) is 0 Å². The summed E-state index contributed by atoms with van der Waals surface area (Å²) < 4.78 is 0. The zero-order chi connectivity index (χ0) is 16.9. The van der Waals surface area contributed by atoms with Gasteiger partial charge in [-0.25, -0.2) is 0 Å². The Morgan fingerprint density at radius 2 is 1.83 bits per heavy atom. The third kappa shape index (κ3) is 5.50. The Morgan fingerprint density at radius 3 is 2.48 bits per heavy atom. The molecule has 122 valence electrons. The first-order valence-corrected chi connectivity index (χ1v) is 7.24. The number of rotatable bonds is 5. The van der Waals surface area contributed by atoms with Crippen molar-refractivity contribution in [2.45, 2.75) is 32.9 Å². The van der Waals surface area contributed by atoms with Crippen molar-refractivity contribution >= 4 is 11.8 Å². The second kappa shape index (κ2) is 6.99. The molecule has 2 amide bonds. The molecule has 0 saturated carbocycles. The molecule has 0 radical (unpaired) electrons. The zero-order valence-corrected chi connectivity index (χ0v) is 13.4. The summed E-state index contributed by atoms with van der Waals surface area (Å²) in [5.41, 5.74) is 0.489. The average molecular weight is 316 g/mol. The molecule has 0 aliphatic carbocycles. The molecule has 1 aromatic carbocycles. The first-order chi connectivity index (χ1) is 10.8. The molecule has 23 heavy (non-hydrogen) atoms. The highest BCUT2D eigenvalue weighted by molar-refractivity contribution is 5.84. The lowest BCUT2D eigenvalue weighted by molar-refractivity contribution is -0.127. The molecule has 0 atom stereocenters. The monoisotopic (exact) mass is 316 g/mol. The van der Waals surface area contributed by atoms with Crippen LogP contribution in [0.25, 0.3) is 11.4 Å². The number of nitrogens with one attached hydrogen (secondary N) is 2. The van der Waals surface area contributed by atoms with Crippen LogP contribution in [0.15, 0.2) is 30.3 Å². The fraction of sp³-hybridized carbons (Fsp3) is 0.400. The summed E-state index contributed by atoms with van der Waals surface area (Å²) in [6.07, 6.45) is 0. The topological polar surface area (TPSA) is 102 Å². The highest BCUT2D eigenvalue weighted by Gasteiger charge is 2.15. The normalized spacial score (nSPS) is 11.1. The summed E-state index contributed by atoms with van der Waals surface area (Å²) in [6, 6.07) is 9.35. The predicted octanol–water partition coefficient (Wildman–Crippen LogP) is 0.371.